The maximum absolute atomic E-state index is 12.9. The third kappa shape index (κ3) is 6.12. The molecule has 0 radical (unpaired) electrons. The van der Waals surface area contributed by atoms with Gasteiger partial charge in [0.15, 0.2) is 0 Å². The molecule has 2 amide bonds. The summed E-state index contributed by atoms with van der Waals surface area (Å²) in [6.45, 7) is 6.76. The van der Waals surface area contributed by atoms with Crippen LogP contribution in [0.15, 0.2) is 24.3 Å². The summed E-state index contributed by atoms with van der Waals surface area (Å²) >= 11 is 0. The average Bonchev–Trinajstić information content (AvgIpc) is 2.45. The van der Waals surface area contributed by atoms with Gasteiger partial charge in [-0.15, -0.1) is 0 Å². The van der Waals surface area contributed by atoms with E-state index in [1.165, 1.54) is 12.1 Å². The van der Waals surface area contributed by atoms with Gasteiger partial charge in [0.25, 0.3) is 0 Å². The Labute approximate surface area is 125 Å². The van der Waals surface area contributed by atoms with Crippen molar-refractivity contribution in [2.45, 2.75) is 45.1 Å². The Morgan fingerprint density at radius 3 is 2.48 bits per heavy atom. The zero-order valence-corrected chi connectivity index (χ0v) is 12.9. The number of carbonyl (C=O) groups is 1. The summed E-state index contributed by atoms with van der Waals surface area (Å²) in [7, 11) is 0. The molecule has 4 nitrogen and oxygen atoms in total. The molecule has 1 unspecified atom stereocenters. The van der Waals surface area contributed by atoms with Crippen molar-refractivity contribution in [3.63, 3.8) is 0 Å². The topological polar surface area (TPSA) is 61.4 Å². The van der Waals surface area contributed by atoms with Gasteiger partial charge in [-0.2, -0.15) is 0 Å². The molecular formula is C16H25FN2O2. The number of amides is 2. The summed E-state index contributed by atoms with van der Waals surface area (Å²) in [6.07, 6.45) is 0.854. The number of aliphatic hydroxyl groups is 1. The first-order valence-electron chi connectivity index (χ1n) is 7.31. The van der Waals surface area contributed by atoms with Crippen molar-refractivity contribution < 1.29 is 14.3 Å². The van der Waals surface area contributed by atoms with Gasteiger partial charge in [-0.1, -0.05) is 32.9 Å². The number of urea groups is 1. The Balaban J connectivity index is 2.39. The third-order valence-electron chi connectivity index (χ3n) is 3.55. The van der Waals surface area contributed by atoms with Gasteiger partial charge >= 0.3 is 6.03 Å². The molecule has 5 heteroatoms. The van der Waals surface area contributed by atoms with E-state index in [0.717, 1.165) is 5.56 Å². The van der Waals surface area contributed by atoms with Crippen LogP contribution in [0.1, 0.15) is 39.2 Å². The molecule has 0 spiro atoms. The van der Waals surface area contributed by atoms with E-state index in [-0.39, 0.29) is 23.4 Å². The Kier molecular flexibility index (Phi) is 6.62. The first-order valence-corrected chi connectivity index (χ1v) is 7.31. The van der Waals surface area contributed by atoms with E-state index in [9.17, 15) is 14.3 Å². The molecule has 0 heterocycles. The van der Waals surface area contributed by atoms with E-state index < -0.39 is 0 Å². The molecule has 0 aliphatic heterocycles. The SMILES string of the molecule is CCC(O)CCNC(=O)NCC(C)(C)c1ccc(F)cc1. The Hall–Kier alpha value is -1.62. The molecular weight excluding hydrogens is 271 g/mol. The van der Waals surface area contributed by atoms with E-state index in [1.807, 2.05) is 20.8 Å². The fraction of sp³-hybridized carbons (Fsp3) is 0.562. The summed E-state index contributed by atoms with van der Waals surface area (Å²) in [5.74, 6) is -0.269. The number of nitrogens with one attached hydrogen (secondary N) is 2. The summed E-state index contributed by atoms with van der Waals surface area (Å²) in [4.78, 5) is 11.7. The van der Waals surface area contributed by atoms with Gasteiger partial charge in [0.2, 0.25) is 0 Å². The molecule has 1 aromatic carbocycles. The lowest BCUT2D eigenvalue weighted by molar-refractivity contribution is 0.160. The molecule has 1 rings (SSSR count). The van der Waals surface area contributed by atoms with Crippen molar-refractivity contribution in [1.29, 1.82) is 0 Å². The van der Waals surface area contributed by atoms with E-state index in [0.29, 0.717) is 25.9 Å². The summed E-state index contributed by atoms with van der Waals surface area (Å²) in [5, 5.41) is 14.9. The van der Waals surface area contributed by atoms with Crippen LogP contribution in [0.25, 0.3) is 0 Å². The molecule has 0 aliphatic rings. The second kappa shape index (κ2) is 7.98. The standard InChI is InChI=1S/C16H25FN2O2/c1-4-14(20)9-10-18-15(21)19-11-16(2,3)12-5-7-13(17)8-6-12/h5-8,14,20H,4,9-11H2,1-3H3,(H2,18,19,21). The van der Waals surface area contributed by atoms with Crippen LogP contribution in [0.3, 0.4) is 0 Å². The van der Waals surface area contributed by atoms with Crippen molar-refractivity contribution in [2.24, 2.45) is 0 Å². The lowest BCUT2D eigenvalue weighted by Crippen LogP contribution is -2.43. The van der Waals surface area contributed by atoms with E-state index in [2.05, 4.69) is 10.6 Å². The van der Waals surface area contributed by atoms with Crippen LogP contribution in [0.4, 0.5) is 9.18 Å². The van der Waals surface area contributed by atoms with Crippen LogP contribution >= 0.6 is 0 Å². The van der Waals surface area contributed by atoms with Crippen molar-refractivity contribution in [3.8, 4) is 0 Å². The number of carbonyl (C=O) groups excluding carboxylic acids is 1. The highest BCUT2D eigenvalue weighted by Crippen LogP contribution is 2.22. The number of hydrogen-bond donors (Lipinski definition) is 3. The Morgan fingerprint density at radius 1 is 1.29 bits per heavy atom. The largest absolute Gasteiger partial charge is 0.393 e. The third-order valence-corrected chi connectivity index (χ3v) is 3.55. The molecule has 1 atom stereocenters. The van der Waals surface area contributed by atoms with E-state index in [1.54, 1.807) is 12.1 Å². The minimum absolute atomic E-state index is 0.256. The number of aliphatic hydroxyl groups excluding tert-OH is 1. The van der Waals surface area contributed by atoms with Gasteiger partial charge in [-0.25, -0.2) is 9.18 Å². The normalized spacial score (nSPS) is 12.8. The predicted octanol–water partition coefficient (Wildman–Crippen LogP) is 2.56. The van der Waals surface area contributed by atoms with Crippen molar-refractivity contribution in [3.05, 3.63) is 35.6 Å². The van der Waals surface area contributed by atoms with Crippen LogP contribution in [-0.2, 0) is 5.41 Å². The monoisotopic (exact) mass is 296 g/mol. The second-order valence-electron chi connectivity index (χ2n) is 5.85. The van der Waals surface area contributed by atoms with E-state index >= 15 is 0 Å². The fourth-order valence-corrected chi connectivity index (χ4v) is 1.92. The Bertz CT molecular complexity index is 446. The molecule has 0 saturated carbocycles. The predicted molar refractivity (Wildman–Crippen MR) is 81.7 cm³/mol. The van der Waals surface area contributed by atoms with Crippen LogP contribution in [0.5, 0.6) is 0 Å². The maximum atomic E-state index is 12.9. The number of halogens is 1. The van der Waals surface area contributed by atoms with Crippen molar-refractivity contribution in [1.82, 2.24) is 10.6 Å². The zero-order valence-electron chi connectivity index (χ0n) is 12.9. The van der Waals surface area contributed by atoms with Gasteiger partial charge in [0.1, 0.15) is 5.82 Å². The van der Waals surface area contributed by atoms with Gasteiger partial charge < -0.3 is 15.7 Å². The lowest BCUT2D eigenvalue weighted by atomic mass is 9.84. The molecule has 0 aliphatic carbocycles. The van der Waals surface area contributed by atoms with Gasteiger partial charge in [-0.3, -0.25) is 0 Å². The van der Waals surface area contributed by atoms with Crippen LogP contribution in [0, 0.1) is 5.82 Å². The fourth-order valence-electron chi connectivity index (χ4n) is 1.92. The van der Waals surface area contributed by atoms with Gasteiger partial charge in [0.05, 0.1) is 6.10 Å². The van der Waals surface area contributed by atoms with E-state index in [4.69, 9.17) is 0 Å². The molecule has 118 valence electrons. The maximum Gasteiger partial charge on any atom is 0.314 e. The Morgan fingerprint density at radius 2 is 1.90 bits per heavy atom. The molecule has 3 N–H and O–H groups in total. The van der Waals surface area contributed by atoms with Gasteiger partial charge in [0, 0.05) is 18.5 Å². The molecule has 0 bridgehead atoms. The smallest absolute Gasteiger partial charge is 0.314 e. The summed E-state index contributed by atoms with van der Waals surface area (Å²) in [5.41, 5.74) is 0.680. The van der Waals surface area contributed by atoms with Crippen molar-refractivity contribution in [2.75, 3.05) is 13.1 Å². The first kappa shape index (κ1) is 17.4. The highest BCUT2D eigenvalue weighted by molar-refractivity contribution is 5.73. The molecule has 1 aromatic rings. The molecule has 21 heavy (non-hydrogen) atoms. The van der Waals surface area contributed by atoms with Crippen LogP contribution in [-0.4, -0.2) is 30.3 Å². The average molecular weight is 296 g/mol. The highest BCUT2D eigenvalue weighted by Gasteiger charge is 2.21. The van der Waals surface area contributed by atoms with Crippen LogP contribution < -0.4 is 10.6 Å². The summed E-state index contributed by atoms with van der Waals surface area (Å²) < 4.78 is 12.9. The molecule has 0 saturated heterocycles. The van der Waals surface area contributed by atoms with Gasteiger partial charge in [-0.05, 0) is 30.5 Å². The summed E-state index contributed by atoms with van der Waals surface area (Å²) in [6, 6.07) is 6.04. The van der Waals surface area contributed by atoms with Crippen molar-refractivity contribution >= 4 is 6.03 Å². The molecule has 0 fully saturated rings. The minimum atomic E-state index is -0.374. The number of benzene rings is 1. The first-order chi connectivity index (χ1) is 9.85. The quantitative estimate of drug-likeness (QED) is 0.724. The zero-order chi connectivity index (χ0) is 15.9. The second-order valence-corrected chi connectivity index (χ2v) is 5.85. The minimum Gasteiger partial charge on any atom is -0.393 e. The van der Waals surface area contributed by atoms with Crippen LogP contribution in [0.2, 0.25) is 0 Å². The number of rotatable bonds is 7. The highest BCUT2D eigenvalue weighted by atomic mass is 19.1. The molecule has 0 aromatic heterocycles. The lowest BCUT2D eigenvalue weighted by Gasteiger charge is -2.25. The number of hydrogen-bond acceptors (Lipinski definition) is 2.